The number of thiazole rings is 1. The summed E-state index contributed by atoms with van der Waals surface area (Å²) in [7, 11) is 1.77. The van der Waals surface area contributed by atoms with Crippen LogP contribution in [0.15, 0.2) is 29.6 Å². The first kappa shape index (κ1) is 14.7. The van der Waals surface area contributed by atoms with Crippen molar-refractivity contribution in [3.8, 4) is 0 Å². The molecule has 4 nitrogen and oxygen atoms in total. The van der Waals surface area contributed by atoms with E-state index < -0.39 is 0 Å². The van der Waals surface area contributed by atoms with Crippen LogP contribution in [-0.2, 0) is 12.8 Å². The van der Waals surface area contributed by atoms with Crippen molar-refractivity contribution < 1.29 is 4.79 Å². The van der Waals surface area contributed by atoms with Crippen molar-refractivity contribution in [2.24, 2.45) is 5.73 Å². The van der Waals surface area contributed by atoms with E-state index in [4.69, 9.17) is 5.73 Å². The summed E-state index contributed by atoms with van der Waals surface area (Å²) in [5.74, 6) is -0.0891. The van der Waals surface area contributed by atoms with E-state index in [1.54, 1.807) is 17.3 Å². The number of aryl methyl sites for hydroxylation is 1. The Morgan fingerprint density at radius 2 is 2.05 bits per heavy atom. The molecule has 0 saturated heterocycles. The molecule has 2 aromatic rings. The van der Waals surface area contributed by atoms with Crippen molar-refractivity contribution in [3.63, 3.8) is 0 Å². The van der Waals surface area contributed by atoms with E-state index >= 15 is 0 Å². The third-order valence-corrected chi connectivity index (χ3v) is 4.07. The SMILES string of the molecule is CCc1ccc(N(C)C(=O)c2csc(CCN)n2)cc1. The Bertz CT molecular complexity index is 577. The van der Waals surface area contributed by atoms with Gasteiger partial charge in [-0.15, -0.1) is 11.3 Å². The molecule has 0 saturated carbocycles. The van der Waals surface area contributed by atoms with Gasteiger partial charge < -0.3 is 10.6 Å². The molecule has 1 aromatic carbocycles. The van der Waals surface area contributed by atoms with Gasteiger partial charge in [-0.05, 0) is 30.7 Å². The van der Waals surface area contributed by atoms with Crippen LogP contribution in [0.25, 0.3) is 0 Å². The highest BCUT2D eigenvalue weighted by Crippen LogP contribution is 2.18. The smallest absolute Gasteiger partial charge is 0.277 e. The molecular formula is C15H19N3OS. The molecule has 0 unspecified atom stereocenters. The number of hydrogen-bond acceptors (Lipinski definition) is 4. The van der Waals surface area contributed by atoms with Gasteiger partial charge in [-0.1, -0.05) is 19.1 Å². The summed E-state index contributed by atoms with van der Waals surface area (Å²) in [6.45, 7) is 2.66. The summed E-state index contributed by atoms with van der Waals surface area (Å²) in [5, 5.41) is 2.70. The largest absolute Gasteiger partial charge is 0.330 e. The molecular weight excluding hydrogens is 270 g/mol. The Labute approximate surface area is 123 Å². The van der Waals surface area contributed by atoms with E-state index in [0.29, 0.717) is 18.7 Å². The van der Waals surface area contributed by atoms with Gasteiger partial charge in [-0.2, -0.15) is 0 Å². The van der Waals surface area contributed by atoms with Crippen LogP contribution in [0.1, 0.15) is 28.0 Å². The third kappa shape index (κ3) is 3.23. The quantitative estimate of drug-likeness (QED) is 0.920. The maximum Gasteiger partial charge on any atom is 0.277 e. The van der Waals surface area contributed by atoms with E-state index in [9.17, 15) is 4.79 Å². The third-order valence-electron chi connectivity index (χ3n) is 3.17. The molecule has 0 atom stereocenters. The number of rotatable bonds is 5. The van der Waals surface area contributed by atoms with Gasteiger partial charge >= 0.3 is 0 Å². The molecule has 0 spiro atoms. The van der Waals surface area contributed by atoms with Crippen molar-refractivity contribution >= 4 is 22.9 Å². The molecule has 1 aromatic heterocycles. The van der Waals surface area contributed by atoms with Gasteiger partial charge in [0.1, 0.15) is 5.69 Å². The minimum absolute atomic E-state index is 0.0891. The van der Waals surface area contributed by atoms with Gasteiger partial charge in [0.05, 0.1) is 5.01 Å². The first-order valence-corrected chi connectivity index (χ1v) is 7.55. The lowest BCUT2D eigenvalue weighted by molar-refractivity contribution is 0.0989. The van der Waals surface area contributed by atoms with Crippen LogP contribution >= 0.6 is 11.3 Å². The highest BCUT2D eigenvalue weighted by Gasteiger charge is 2.16. The molecule has 2 rings (SSSR count). The zero-order valence-corrected chi connectivity index (χ0v) is 12.6. The Kier molecular flexibility index (Phi) is 4.87. The average Bonchev–Trinajstić information content (AvgIpc) is 2.95. The van der Waals surface area contributed by atoms with E-state index in [1.807, 2.05) is 24.3 Å². The van der Waals surface area contributed by atoms with Crippen molar-refractivity contribution in [1.29, 1.82) is 0 Å². The first-order chi connectivity index (χ1) is 9.65. The molecule has 0 aliphatic carbocycles. The van der Waals surface area contributed by atoms with Crippen LogP contribution in [0.3, 0.4) is 0 Å². The van der Waals surface area contributed by atoms with Gasteiger partial charge in [-0.3, -0.25) is 4.79 Å². The van der Waals surface area contributed by atoms with E-state index in [2.05, 4.69) is 11.9 Å². The van der Waals surface area contributed by atoms with Gasteiger partial charge in [-0.25, -0.2) is 4.98 Å². The molecule has 2 N–H and O–H groups in total. The predicted molar refractivity (Wildman–Crippen MR) is 83.4 cm³/mol. The summed E-state index contributed by atoms with van der Waals surface area (Å²) < 4.78 is 0. The second kappa shape index (κ2) is 6.63. The number of benzene rings is 1. The second-order valence-electron chi connectivity index (χ2n) is 4.55. The van der Waals surface area contributed by atoms with E-state index in [-0.39, 0.29) is 5.91 Å². The zero-order chi connectivity index (χ0) is 14.5. The molecule has 1 amide bonds. The molecule has 20 heavy (non-hydrogen) atoms. The summed E-state index contributed by atoms with van der Waals surface area (Å²) >= 11 is 1.48. The lowest BCUT2D eigenvalue weighted by atomic mass is 10.1. The Hall–Kier alpha value is -1.72. The van der Waals surface area contributed by atoms with Crippen LogP contribution in [0.2, 0.25) is 0 Å². The number of aromatic nitrogens is 1. The molecule has 5 heteroatoms. The molecule has 0 aliphatic heterocycles. The number of carbonyl (C=O) groups is 1. The maximum absolute atomic E-state index is 12.4. The standard InChI is InChI=1S/C15H19N3OS/c1-3-11-4-6-12(7-5-11)18(2)15(19)13-10-20-14(17-13)8-9-16/h4-7,10H,3,8-9,16H2,1-2H3. The zero-order valence-electron chi connectivity index (χ0n) is 11.8. The number of hydrogen-bond donors (Lipinski definition) is 1. The highest BCUT2D eigenvalue weighted by molar-refractivity contribution is 7.09. The van der Waals surface area contributed by atoms with Gasteiger partial charge in [0.2, 0.25) is 0 Å². The summed E-state index contributed by atoms with van der Waals surface area (Å²) in [5.41, 5.74) is 8.12. The normalized spacial score (nSPS) is 10.6. The van der Waals surface area contributed by atoms with Crippen molar-refractivity contribution in [3.05, 3.63) is 45.9 Å². The molecule has 0 radical (unpaired) electrons. The van der Waals surface area contributed by atoms with Crippen LogP contribution in [0.4, 0.5) is 5.69 Å². The van der Waals surface area contributed by atoms with Crippen LogP contribution < -0.4 is 10.6 Å². The minimum Gasteiger partial charge on any atom is -0.330 e. The van der Waals surface area contributed by atoms with Crippen molar-refractivity contribution in [2.45, 2.75) is 19.8 Å². The van der Waals surface area contributed by atoms with Gasteiger partial charge in [0.25, 0.3) is 5.91 Å². The fourth-order valence-electron chi connectivity index (χ4n) is 1.89. The lowest BCUT2D eigenvalue weighted by Gasteiger charge is -2.16. The highest BCUT2D eigenvalue weighted by atomic mass is 32.1. The van der Waals surface area contributed by atoms with E-state index in [0.717, 1.165) is 17.1 Å². The Morgan fingerprint density at radius 3 is 2.65 bits per heavy atom. The first-order valence-electron chi connectivity index (χ1n) is 6.67. The summed E-state index contributed by atoms with van der Waals surface area (Å²) in [6.07, 6.45) is 1.71. The fourth-order valence-corrected chi connectivity index (χ4v) is 2.68. The van der Waals surface area contributed by atoms with Crippen LogP contribution in [0, 0.1) is 0 Å². The molecule has 0 bridgehead atoms. The molecule has 0 aliphatic rings. The number of nitrogens with two attached hydrogens (primary N) is 1. The average molecular weight is 289 g/mol. The topological polar surface area (TPSA) is 59.2 Å². The summed E-state index contributed by atoms with van der Waals surface area (Å²) in [6, 6.07) is 8.01. The molecule has 106 valence electrons. The predicted octanol–water partition coefficient (Wildman–Crippen LogP) is 2.48. The lowest BCUT2D eigenvalue weighted by Crippen LogP contribution is -2.26. The molecule has 1 heterocycles. The van der Waals surface area contributed by atoms with Gasteiger partial charge in [0.15, 0.2) is 0 Å². The Morgan fingerprint density at radius 1 is 1.35 bits per heavy atom. The van der Waals surface area contributed by atoms with Crippen molar-refractivity contribution in [1.82, 2.24) is 4.98 Å². The summed E-state index contributed by atoms with van der Waals surface area (Å²) in [4.78, 5) is 18.3. The number of carbonyl (C=O) groups excluding carboxylic acids is 1. The Balaban J connectivity index is 2.13. The number of anilines is 1. The maximum atomic E-state index is 12.4. The van der Waals surface area contributed by atoms with E-state index in [1.165, 1.54) is 16.9 Å². The minimum atomic E-state index is -0.0891. The van der Waals surface area contributed by atoms with Crippen molar-refractivity contribution in [2.75, 3.05) is 18.5 Å². The number of amides is 1. The fraction of sp³-hybridized carbons (Fsp3) is 0.333. The molecule has 0 fully saturated rings. The van der Waals surface area contributed by atoms with Crippen LogP contribution in [-0.4, -0.2) is 24.5 Å². The van der Waals surface area contributed by atoms with Gasteiger partial charge in [0, 0.05) is 24.5 Å². The second-order valence-corrected chi connectivity index (χ2v) is 5.49. The van der Waals surface area contributed by atoms with Crippen LogP contribution in [0.5, 0.6) is 0 Å². The monoisotopic (exact) mass is 289 g/mol. The number of nitrogens with zero attached hydrogens (tertiary/aromatic N) is 2.